The summed E-state index contributed by atoms with van der Waals surface area (Å²) < 4.78 is 1.87. The van der Waals surface area contributed by atoms with Crippen LogP contribution in [0.1, 0.15) is 32.7 Å². The van der Waals surface area contributed by atoms with Crippen LogP contribution >= 0.6 is 0 Å². The third-order valence-electron chi connectivity index (χ3n) is 3.11. The van der Waals surface area contributed by atoms with E-state index in [-0.39, 0.29) is 17.6 Å². The van der Waals surface area contributed by atoms with Gasteiger partial charge >= 0.3 is 0 Å². The molecule has 1 aliphatic rings. The number of aliphatic hydroxyl groups is 1. The van der Waals surface area contributed by atoms with Crippen LogP contribution in [0, 0.1) is 5.41 Å². The van der Waals surface area contributed by atoms with Gasteiger partial charge in [-0.15, -0.1) is 0 Å². The second kappa shape index (κ2) is 2.84. The lowest BCUT2D eigenvalue weighted by Crippen LogP contribution is -2.29. The molecule has 1 saturated carbocycles. The highest BCUT2D eigenvalue weighted by Gasteiger charge is 2.41. The molecule has 13 heavy (non-hydrogen) atoms. The summed E-state index contributed by atoms with van der Waals surface area (Å²) in [7, 11) is 0. The third kappa shape index (κ3) is 1.37. The predicted molar refractivity (Wildman–Crippen MR) is 50.3 cm³/mol. The molecule has 1 aromatic heterocycles. The molecule has 0 bridgehead atoms. The average molecular weight is 180 g/mol. The Hall–Kier alpha value is -0.830. The van der Waals surface area contributed by atoms with Gasteiger partial charge in [0.2, 0.25) is 0 Å². The summed E-state index contributed by atoms with van der Waals surface area (Å²) in [6.45, 7) is 4.22. The minimum Gasteiger partial charge on any atom is -0.390 e. The van der Waals surface area contributed by atoms with Gasteiger partial charge in [-0.25, -0.2) is 0 Å². The molecule has 2 unspecified atom stereocenters. The highest BCUT2D eigenvalue weighted by atomic mass is 16.3. The Labute approximate surface area is 78.4 Å². The second-order valence-electron chi connectivity index (χ2n) is 4.53. The number of rotatable bonds is 1. The van der Waals surface area contributed by atoms with Crippen LogP contribution in [-0.2, 0) is 0 Å². The Morgan fingerprint density at radius 3 is 2.77 bits per heavy atom. The topological polar surface area (TPSA) is 38.0 Å². The largest absolute Gasteiger partial charge is 0.390 e. The van der Waals surface area contributed by atoms with Crippen molar-refractivity contribution in [2.75, 3.05) is 0 Å². The van der Waals surface area contributed by atoms with Gasteiger partial charge in [-0.1, -0.05) is 13.8 Å². The van der Waals surface area contributed by atoms with E-state index >= 15 is 0 Å². The minimum absolute atomic E-state index is 0.0383. The van der Waals surface area contributed by atoms with E-state index in [1.807, 2.05) is 16.9 Å². The van der Waals surface area contributed by atoms with Crippen LogP contribution in [-0.4, -0.2) is 21.0 Å². The van der Waals surface area contributed by atoms with Crippen LogP contribution in [0.3, 0.4) is 0 Å². The number of hydrogen-bond acceptors (Lipinski definition) is 2. The molecule has 3 nitrogen and oxygen atoms in total. The summed E-state index contributed by atoms with van der Waals surface area (Å²) in [5.74, 6) is 0. The standard InChI is InChI=1S/C10H16N2O/c1-10(2)5-4-8(9(10)13)12-7-3-6-11-12/h3,6-9,13H,4-5H2,1-2H3. The van der Waals surface area contributed by atoms with Gasteiger partial charge in [0, 0.05) is 12.4 Å². The van der Waals surface area contributed by atoms with Crippen molar-refractivity contribution in [3.63, 3.8) is 0 Å². The van der Waals surface area contributed by atoms with Crippen LogP contribution in [0.4, 0.5) is 0 Å². The first-order valence-electron chi connectivity index (χ1n) is 4.78. The normalized spacial score (nSPS) is 32.2. The molecular formula is C10H16N2O. The lowest BCUT2D eigenvalue weighted by Gasteiger charge is -2.25. The maximum atomic E-state index is 10.0. The molecule has 1 aromatic rings. The maximum Gasteiger partial charge on any atom is 0.0815 e. The molecule has 2 rings (SSSR count). The van der Waals surface area contributed by atoms with E-state index < -0.39 is 0 Å². The molecule has 3 heteroatoms. The van der Waals surface area contributed by atoms with Gasteiger partial charge in [-0.3, -0.25) is 4.68 Å². The smallest absolute Gasteiger partial charge is 0.0815 e. The number of nitrogens with zero attached hydrogens (tertiary/aromatic N) is 2. The van der Waals surface area contributed by atoms with E-state index in [0.29, 0.717) is 0 Å². The van der Waals surface area contributed by atoms with E-state index in [1.54, 1.807) is 6.20 Å². The summed E-state index contributed by atoms with van der Waals surface area (Å²) >= 11 is 0. The van der Waals surface area contributed by atoms with Crippen LogP contribution in [0.25, 0.3) is 0 Å². The molecule has 72 valence electrons. The van der Waals surface area contributed by atoms with Crippen molar-refractivity contribution in [2.45, 2.75) is 38.8 Å². The molecule has 1 N–H and O–H groups in total. The van der Waals surface area contributed by atoms with Gasteiger partial charge in [0.25, 0.3) is 0 Å². The molecule has 0 aliphatic heterocycles. The third-order valence-corrected chi connectivity index (χ3v) is 3.11. The van der Waals surface area contributed by atoms with Gasteiger partial charge in [0.1, 0.15) is 0 Å². The first-order valence-corrected chi connectivity index (χ1v) is 4.78. The molecule has 0 amide bonds. The molecule has 0 spiro atoms. The zero-order valence-electron chi connectivity index (χ0n) is 8.14. The van der Waals surface area contributed by atoms with E-state index in [4.69, 9.17) is 0 Å². The molecular weight excluding hydrogens is 164 g/mol. The summed E-state index contributed by atoms with van der Waals surface area (Å²) in [6, 6.07) is 2.07. The first kappa shape index (κ1) is 8.75. The fourth-order valence-electron chi connectivity index (χ4n) is 2.10. The maximum absolute atomic E-state index is 10.0. The lowest BCUT2D eigenvalue weighted by atomic mass is 9.89. The van der Waals surface area contributed by atoms with E-state index in [0.717, 1.165) is 12.8 Å². The first-order chi connectivity index (χ1) is 6.11. The summed E-state index contributed by atoms with van der Waals surface area (Å²) in [4.78, 5) is 0. The zero-order chi connectivity index (χ0) is 9.47. The Bertz CT molecular complexity index is 279. The fraction of sp³-hybridized carbons (Fsp3) is 0.700. The van der Waals surface area contributed by atoms with Gasteiger partial charge in [0.15, 0.2) is 0 Å². The van der Waals surface area contributed by atoms with Gasteiger partial charge < -0.3 is 5.11 Å². The van der Waals surface area contributed by atoms with Crippen molar-refractivity contribution in [1.29, 1.82) is 0 Å². The minimum atomic E-state index is -0.271. The zero-order valence-corrected chi connectivity index (χ0v) is 8.14. The van der Waals surface area contributed by atoms with Crippen molar-refractivity contribution in [3.05, 3.63) is 18.5 Å². The quantitative estimate of drug-likeness (QED) is 0.713. The van der Waals surface area contributed by atoms with Crippen LogP contribution < -0.4 is 0 Å². The SMILES string of the molecule is CC1(C)CCC(n2cccn2)C1O. The van der Waals surface area contributed by atoms with Crippen molar-refractivity contribution in [3.8, 4) is 0 Å². The van der Waals surface area contributed by atoms with Gasteiger partial charge in [-0.05, 0) is 24.3 Å². The fourth-order valence-corrected chi connectivity index (χ4v) is 2.10. The highest BCUT2D eigenvalue weighted by Crippen LogP contribution is 2.43. The molecule has 1 fully saturated rings. The van der Waals surface area contributed by atoms with Crippen LogP contribution in [0.2, 0.25) is 0 Å². The van der Waals surface area contributed by atoms with Crippen LogP contribution in [0.15, 0.2) is 18.5 Å². The average Bonchev–Trinajstić information content (AvgIpc) is 2.63. The van der Waals surface area contributed by atoms with Gasteiger partial charge in [-0.2, -0.15) is 5.10 Å². The summed E-state index contributed by atoms with van der Waals surface area (Å²) in [5, 5.41) is 14.2. The molecule has 1 heterocycles. The highest BCUT2D eigenvalue weighted by molar-refractivity contribution is 4.95. The Kier molecular flexibility index (Phi) is 1.91. The van der Waals surface area contributed by atoms with Crippen molar-refractivity contribution < 1.29 is 5.11 Å². The second-order valence-corrected chi connectivity index (χ2v) is 4.53. The number of hydrogen-bond donors (Lipinski definition) is 1. The lowest BCUT2D eigenvalue weighted by molar-refractivity contribution is 0.0463. The molecule has 2 atom stereocenters. The Balaban J connectivity index is 2.21. The van der Waals surface area contributed by atoms with E-state index in [9.17, 15) is 5.11 Å². The summed E-state index contributed by atoms with van der Waals surface area (Å²) in [5.41, 5.74) is 0.0383. The van der Waals surface area contributed by atoms with E-state index in [1.165, 1.54) is 0 Å². The number of aromatic nitrogens is 2. The number of aliphatic hydroxyl groups excluding tert-OH is 1. The van der Waals surface area contributed by atoms with Crippen molar-refractivity contribution in [1.82, 2.24) is 9.78 Å². The van der Waals surface area contributed by atoms with Crippen molar-refractivity contribution in [2.24, 2.45) is 5.41 Å². The molecule has 0 aromatic carbocycles. The van der Waals surface area contributed by atoms with Crippen LogP contribution in [0.5, 0.6) is 0 Å². The van der Waals surface area contributed by atoms with Crippen molar-refractivity contribution >= 4 is 0 Å². The molecule has 0 saturated heterocycles. The summed E-state index contributed by atoms with van der Waals surface area (Å²) in [6.07, 6.45) is 5.51. The van der Waals surface area contributed by atoms with E-state index in [2.05, 4.69) is 18.9 Å². The molecule has 1 aliphatic carbocycles. The molecule has 0 radical (unpaired) electrons. The predicted octanol–water partition coefficient (Wildman–Crippen LogP) is 1.61. The monoisotopic (exact) mass is 180 g/mol. The Morgan fingerprint density at radius 2 is 2.31 bits per heavy atom. The Morgan fingerprint density at radius 1 is 1.54 bits per heavy atom. The van der Waals surface area contributed by atoms with Gasteiger partial charge in [0.05, 0.1) is 12.1 Å².